The van der Waals surface area contributed by atoms with E-state index in [9.17, 15) is 9.90 Å². The molecule has 1 fully saturated rings. The summed E-state index contributed by atoms with van der Waals surface area (Å²) < 4.78 is 2.00. The summed E-state index contributed by atoms with van der Waals surface area (Å²) in [7, 11) is 0. The number of rotatable bonds is 6. The average molecular weight is 405 g/mol. The smallest absolute Gasteiger partial charge is 0.319 e. The largest absolute Gasteiger partial charge is 0.396 e. The van der Waals surface area contributed by atoms with E-state index in [1.54, 1.807) is 0 Å². The Morgan fingerprint density at radius 2 is 1.70 bits per heavy atom. The second-order valence-electron chi connectivity index (χ2n) is 7.73. The molecule has 0 aliphatic carbocycles. The molecule has 0 saturated carbocycles. The predicted octanol–water partition coefficient (Wildman–Crippen LogP) is 4.01. The van der Waals surface area contributed by atoms with Crippen molar-refractivity contribution in [2.45, 2.75) is 19.4 Å². The van der Waals surface area contributed by atoms with Crippen molar-refractivity contribution >= 4 is 17.4 Å². The summed E-state index contributed by atoms with van der Waals surface area (Å²) in [6.45, 7) is 2.72. The predicted molar refractivity (Wildman–Crippen MR) is 120 cm³/mol. The third-order valence-corrected chi connectivity index (χ3v) is 5.63. The Balaban J connectivity index is 1.28. The first-order chi connectivity index (χ1) is 14.7. The fourth-order valence-corrected chi connectivity index (χ4v) is 3.81. The number of nitrogens with one attached hydrogen (secondary N) is 2. The maximum atomic E-state index is 12.3. The Kier molecular flexibility index (Phi) is 6.35. The van der Waals surface area contributed by atoms with Gasteiger partial charge in [0.05, 0.1) is 0 Å². The fourth-order valence-electron chi connectivity index (χ4n) is 3.81. The zero-order valence-electron chi connectivity index (χ0n) is 17.0. The quantitative estimate of drug-likeness (QED) is 0.581. The molecule has 2 amide bonds. The number of aliphatic hydroxyl groups is 1. The van der Waals surface area contributed by atoms with Gasteiger partial charge in [0.1, 0.15) is 0 Å². The number of piperidine rings is 1. The van der Waals surface area contributed by atoms with Crippen LogP contribution in [-0.4, -0.2) is 35.4 Å². The monoisotopic (exact) mass is 404 g/mol. The first-order valence-electron chi connectivity index (χ1n) is 10.4. The molecule has 2 aromatic carbocycles. The number of benzene rings is 2. The van der Waals surface area contributed by atoms with E-state index in [-0.39, 0.29) is 12.6 Å². The number of anilines is 2. The lowest BCUT2D eigenvalue weighted by Crippen LogP contribution is -2.34. The van der Waals surface area contributed by atoms with Crippen molar-refractivity contribution in [3.05, 3.63) is 78.6 Å². The van der Waals surface area contributed by atoms with E-state index in [2.05, 4.69) is 39.8 Å². The Hall–Kier alpha value is -3.25. The number of hydrogen-bond donors (Lipinski definition) is 3. The minimum atomic E-state index is -0.227. The fraction of sp³-hybridized carbons (Fsp3) is 0.292. The van der Waals surface area contributed by atoms with Crippen LogP contribution in [-0.2, 0) is 6.54 Å². The highest BCUT2D eigenvalue weighted by atomic mass is 16.3. The molecule has 4 rings (SSSR count). The maximum Gasteiger partial charge on any atom is 0.319 e. The van der Waals surface area contributed by atoms with Crippen LogP contribution in [0.5, 0.6) is 0 Å². The van der Waals surface area contributed by atoms with Crippen molar-refractivity contribution in [1.82, 2.24) is 9.88 Å². The average Bonchev–Trinajstić information content (AvgIpc) is 3.33. The summed E-state index contributed by atoms with van der Waals surface area (Å²) in [6.07, 6.45) is 6.01. The van der Waals surface area contributed by atoms with E-state index in [0.29, 0.717) is 12.5 Å². The molecule has 2 heterocycles. The van der Waals surface area contributed by atoms with Crippen LogP contribution in [0.15, 0.2) is 73.1 Å². The van der Waals surface area contributed by atoms with Gasteiger partial charge in [0.15, 0.2) is 0 Å². The summed E-state index contributed by atoms with van der Waals surface area (Å²) in [5, 5.41) is 15.1. The summed E-state index contributed by atoms with van der Waals surface area (Å²) in [5.74, 6) is 0.437. The normalized spacial score (nSPS) is 14.5. The number of aromatic nitrogens is 1. The minimum absolute atomic E-state index is 0.227. The first-order valence-corrected chi connectivity index (χ1v) is 10.4. The summed E-state index contributed by atoms with van der Waals surface area (Å²) in [4.78, 5) is 14.7. The topological polar surface area (TPSA) is 69.5 Å². The zero-order chi connectivity index (χ0) is 20.8. The number of urea groups is 1. The molecule has 6 nitrogen and oxygen atoms in total. The molecule has 3 N–H and O–H groups in total. The van der Waals surface area contributed by atoms with E-state index < -0.39 is 0 Å². The molecule has 1 saturated heterocycles. The van der Waals surface area contributed by atoms with Crippen molar-refractivity contribution in [3.8, 4) is 5.69 Å². The molecule has 1 aromatic heterocycles. The van der Waals surface area contributed by atoms with Crippen molar-refractivity contribution in [1.29, 1.82) is 0 Å². The van der Waals surface area contributed by atoms with Gasteiger partial charge in [0, 0.05) is 55.7 Å². The number of hydrogen-bond acceptors (Lipinski definition) is 3. The van der Waals surface area contributed by atoms with Crippen molar-refractivity contribution in [2.75, 3.05) is 29.9 Å². The van der Waals surface area contributed by atoms with Crippen LogP contribution < -0.4 is 15.5 Å². The van der Waals surface area contributed by atoms with Gasteiger partial charge in [-0.1, -0.05) is 18.2 Å². The molecule has 1 aliphatic rings. The number of amides is 2. The third-order valence-electron chi connectivity index (χ3n) is 5.63. The van der Waals surface area contributed by atoms with Gasteiger partial charge < -0.3 is 25.2 Å². The number of nitrogens with zero attached hydrogens (tertiary/aromatic N) is 2. The number of carbonyl (C=O) groups excluding carboxylic acids is 1. The number of aliphatic hydroxyl groups excluding tert-OH is 1. The van der Waals surface area contributed by atoms with Crippen molar-refractivity contribution in [2.24, 2.45) is 5.92 Å². The van der Waals surface area contributed by atoms with Crippen LogP contribution in [0, 0.1) is 5.92 Å². The second-order valence-corrected chi connectivity index (χ2v) is 7.73. The van der Waals surface area contributed by atoms with E-state index >= 15 is 0 Å². The Morgan fingerprint density at radius 1 is 0.967 bits per heavy atom. The van der Waals surface area contributed by atoms with Crippen LogP contribution in [0.3, 0.4) is 0 Å². The van der Waals surface area contributed by atoms with Crippen molar-refractivity contribution in [3.63, 3.8) is 0 Å². The van der Waals surface area contributed by atoms with Gasteiger partial charge in [-0.05, 0) is 66.8 Å². The van der Waals surface area contributed by atoms with E-state index in [4.69, 9.17) is 0 Å². The summed E-state index contributed by atoms with van der Waals surface area (Å²) in [5.41, 5.74) is 4.00. The van der Waals surface area contributed by atoms with Gasteiger partial charge in [-0.2, -0.15) is 0 Å². The van der Waals surface area contributed by atoms with Crippen LogP contribution in [0.1, 0.15) is 18.4 Å². The Labute approximate surface area is 177 Å². The molecule has 30 heavy (non-hydrogen) atoms. The highest BCUT2D eigenvalue weighted by Gasteiger charge is 2.18. The maximum absolute atomic E-state index is 12.3. The van der Waals surface area contributed by atoms with Crippen LogP contribution >= 0.6 is 0 Å². The molecule has 3 aromatic rings. The lowest BCUT2D eigenvalue weighted by molar-refractivity contribution is 0.203. The minimum Gasteiger partial charge on any atom is -0.396 e. The van der Waals surface area contributed by atoms with E-state index in [1.165, 1.54) is 5.69 Å². The Bertz CT molecular complexity index is 946. The zero-order valence-corrected chi connectivity index (χ0v) is 17.0. The standard InChI is InChI=1S/C24H28N4O2/c29-18-20-10-14-28(15-11-20)22-8-6-19(7-9-22)17-25-24(30)26-21-4-3-5-23(16-21)27-12-1-2-13-27/h1-9,12-13,16,20,29H,10-11,14-15,17-18H2,(H2,25,26,30). The van der Waals surface area contributed by atoms with Crippen LogP contribution in [0.2, 0.25) is 0 Å². The molecule has 0 bridgehead atoms. The molecular weight excluding hydrogens is 376 g/mol. The summed E-state index contributed by atoms with van der Waals surface area (Å²) in [6, 6.07) is 19.8. The highest BCUT2D eigenvalue weighted by molar-refractivity contribution is 5.89. The molecule has 0 spiro atoms. The second kappa shape index (κ2) is 9.50. The van der Waals surface area contributed by atoms with Gasteiger partial charge in [-0.15, -0.1) is 0 Å². The molecule has 0 radical (unpaired) electrons. The third kappa shape index (κ3) is 5.02. The van der Waals surface area contributed by atoms with Gasteiger partial charge in [-0.3, -0.25) is 0 Å². The molecule has 0 atom stereocenters. The highest BCUT2D eigenvalue weighted by Crippen LogP contribution is 2.23. The number of carbonyl (C=O) groups is 1. The SMILES string of the molecule is O=C(NCc1ccc(N2CCC(CO)CC2)cc1)Nc1cccc(-n2cccc2)c1. The lowest BCUT2D eigenvalue weighted by Gasteiger charge is -2.33. The molecule has 6 heteroatoms. The molecular formula is C24H28N4O2. The molecule has 156 valence electrons. The van der Waals surface area contributed by atoms with Crippen LogP contribution in [0.25, 0.3) is 5.69 Å². The van der Waals surface area contributed by atoms with Crippen LogP contribution in [0.4, 0.5) is 16.2 Å². The molecule has 1 aliphatic heterocycles. The van der Waals surface area contributed by atoms with Gasteiger partial charge in [0.2, 0.25) is 0 Å². The van der Waals surface area contributed by atoms with Crippen molar-refractivity contribution < 1.29 is 9.90 Å². The van der Waals surface area contributed by atoms with Gasteiger partial charge in [-0.25, -0.2) is 4.79 Å². The van der Waals surface area contributed by atoms with E-state index in [0.717, 1.165) is 42.9 Å². The summed E-state index contributed by atoms with van der Waals surface area (Å²) >= 11 is 0. The Morgan fingerprint density at radius 3 is 2.40 bits per heavy atom. The van der Waals surface area contributed by atoms with Gasteiger partial charge in [0.25, 0.3) is 0 Å². The van der Waals surface area contributed by atoms with Gasteiger partial charge >= 0.3 is 6.03 Å². The van der Waals surface area contributed by atoms with E-state index in [1.807, 2.05) is 53.4 Å². The lowest BCUT2D eigenvalue weighted by atomic mass is 9.97. The first kappa shape index (κ1) is 20.0. The molecule has 0 unspecified atom stereocenters.